The molecule has 2 atom stereocenters. The number of hydrogen-bond acceptors (Lipinski definition) is 1. The molecule has 1 heteroatoms. The zero-order valence-electron chi connectivity index (χ0n) is 14.5. The topological polar surface area (TPSA) is 17.1 Å². The van der Waals surface area contributed by atoms with Gasteiger partial charge in [-0.15, -0.1) is 0 Å². The van der Waals surface area contributed by atoms with Gasteiger partial charge in [0.05, 0.1) is 0 Å². The number of rotatable bonds is 5. The van der Waals surface area contributed by atoms with Crippen LogP contribution in [0.2, 0.25) is 0 Å². The fourth-order valence-electron chi connectivity index (χ4n) is 3.15. The van der Waals surface area contributed by atoms with E-state index in [9.17, 15) is 4.79 Å². The van der Waals surface area contributed by atoms with E-state index < -0.39 is 0 Å². The van der Waals surface area contributed by atoms with Crippen molar-refractivity contribution in [3.05, 3.63) is 70.8 Å². The average Bonchev–Trinajstić information content (AvgIpc) is 3.35. The van der Waals surface area contributed by atoms with Gasteiger partial charge in [0.2, 0.25) is 0 Å². The lowest BCUT2D eigenvalue weighted by atomic mass is 9.91. The maximum Gasteiger partial charge on any atom is 0.166 e. The van der Waals surface area contributed by atoms with Crippen LogP contribution in [0.3, 0.4) is 0 Å². The number of carbonyl (C=O) groups excluding carboxylic acids is 1. The van der Waals surface area contributed by atoms with Gasteiger partial charge in [-0.1, -0.05) is 58.0 Å². The smallest absolute Gasteiger partial charge is 0.166 e. The van der Waals surface area contributed by atoms with Crippen molar-refractivity contribution in [1.29, 1.82) is 0 Å². The van der Waals surface area contributed by atoms with Crippen LogP contribution < -0.4 is 0 Å². The number of hydrogen-bond donors (Lipinski definition) is 0. The van der Waals surface area contributed by atoms with Gasteiger partial charge in [-0.3, -0.25) is 4.79 Å². The highest BCUT2D eigenvalue weighted by molar-refractivity contribution is 6.00. The van der Waals surface area contributed by atoms with Crippen LogP contribution in [-0.2, 0) is 0 Å². The third-order valence-corrected chi connectivity index (χ3v) is 4.79. The van der Waals surface area contributed by atoms with E-state index in [1.54, 1.807) is 0 Å². The molecule has 1 saturated carbocycles. The highest BCUT2D eigenvalue weighted by Crippen LogP contribution is 2.49. The Balaban J connectivity index is 1.86. The molecule has 2 unspecified atom stereocenters. The maximum absolute atomic E-state index is 12.9. The normalized spacial score (nSPS) is 20.1. The maximum atomic E-state index is 12.9. The lowest BCUT2D eigenvalue weighted by Gasteiger charge is -2.13. The molecule has 1 aliphatic carbocycles. The Morgan fingerprint density at radius 2 is 1.57 bits per heavy atom. The first-order valence-corrected chi connectivity index (χ1v) is 8.63. The second-order valence-electron chi connectivity index (χ2n) is 7.31. The van der Waals surface area contributed by atoms with Gasteiger partial charge in [-0.05, 0) is 59.1 Å². The van der Waals surface area contributed by atoms with Crippen molar-refractivity contribution in [2.45, 2.75) is 51.9 Å². The zero-order valence-corrected chi connectivity index (χ0v) is 14.5. The van der Waals surface area contributed by atoms with Crippen LogP contribution in [0, 0.1) is 12.0 Å². The molecule has 0 saturated heterocycles. The molecule has 0 N–H and O–H groups in total. The highest BCUT2D eigenvalue weighted by atomic mass is 16.1. The summed E-state index contributed by atoms with van der Waals surface area (Å²) in [5.41, 5.74) is 4.47. The molecule has 0 amide bonds. The predicted octanol–water partition coefficient (Wildman–Crippen LogP) is 5.72. The molecule has 1 aliphatic rings. The second-order valence-corrected chi connectivity index (χ2v) is 7.31. The molecule has 23 heavy (non-hydrogen) atoms. The lowest BCUT2D eigenvalue weighted by Crippen LogP contribution is -2.06. The van der Waals surface area contributed by atoms with E-state index in [2.05, 4.69) is 70.2 Å². The van der Waals surface area contributed by atoms with Crippen molar-refractivity contribution in [1.82, 2.24) is 0 Å². The number of benzene rings is 2. The molecule has 119 valence electrons. The predicted molar refractivity (Wildman–Crippen MR) is 95.1 cm³/mol. The Labute approximate surface area is 139 Å². The Morgan fingerprint density at radius 3 is 2.09 bits per heavy atom. The highest BCUT2D eigenvalue weighted by Gasteiger charge is 2.44. The Bertz CT molecular complexity index is 671. The van der Waals surface area contributed by atoms with Crippen molar-refractivity contribution in [2.24, 2.45) is 5.92 Å². The molecule has 1 radical (unpaired) electrons. The third-order valence-electron chi connectivity index (χ3n) is 4.79. The first-order chi connectivity index (χ1) is 11.0. The summed E-state index contributed by atoms with van der Waals surface area (Å²) in [4.78, 5) is 12.9. The number of ketones is 1. The van der Waals surface area contributed by atoms with Crippen LogP contribution in [0.1, 0.15) is 78.9 Å². The van der Waals surface area contributed by atoms with Gasteiger partial charge < -0.3 is 0 Å². The van der Waals surface area contributed by atoms with Gasteiger partial charge in [0.1, 0.15) is 0 Å². The van der Waals surface area contributed by atoms with Crippen molar-refractivity contribution in [2.75, 3.05) is 0 Å². The molecular formula is C22H25O. The summed E-state index contributed by atoms with van der Waals surface area (Å²) in [6, 6.07) is 18.0. The molecule has 0 aliphatic heterocycles. The van der Waals surface area contributed by atoms with Gasteiger partial charge in [0, 0.05) is 11.5 Å². The summed E-state index contributed by atoms with van der Waals surface area (Å²) in [5.74, 6) is 1.64. The van der Waals surface area contributed by atoms with E-state index in [-0.39, 0.29) is 5.92 Å². The van der Waals surface area contributed by atoms with Gasteiger partial charge in [0.25, 0.3) is 0 Å². The van der Waals surface area contributed by atoms with Gasteiger partial charge in [-0.25, -0.2) is 0 Å². The van der Waals surface area contributed by atoms with Crippen molar-refractivity contribution >= 4 is 5.78 Å². The largest absolute Gasteiger partial charge is 0.294 e. The molecule has 1 nitrogen and oxygen atoms in total. The van der Waals surface area contributed by atoms with E-state index in [0.717, 1.165) is 23.1 Å². The Kier molecular flexibility index (Phi) is 4.39. The van der Waals surface area contributed by atoms with E-state index >= 15 is 0 Å². The second kappa shape index (κ2) is 6.31. The number of carbonyl (C=O) groups is 1. The minimum atomic E-state index is 0.153. The minimum Gasteiger partial charge on any atom is -0.294 e. The van der Waals surface area contributed by atoms with Crippen LogP contribution >= 0.6 is 0 Å². The summed E-state index contributed by atoms with van der Waals surface area (Å²) in [5, 5.41) is 0. The van der Waals surface area contributed by atoms with Gasteiger partial charge >= 0.3 is 0 Å². The molecule has 0 heterocycles. The Hall–Kier alpha value is -1.89. The quantitative estimate of drug-likeness (QED) is 0.646. The van der Waals surface area contributed by atoms with Crippen LogP contribution in [0.25, 0.3) is 0 Å². The summed E-state index contributed by atoms with van der Waals surface area (Å²) in [6.07, 6.45) is 0.982. The van der Waals surface area contributed by atoms with Crippen LogP contribution in [0.5, 0.6) is 0 Å². The van der Waals surface area contributed by atoms with Crippen LogP contribution in [-0.4, -0.2) is 5.78 Å². The molecule has 0 bridgehead atoms. The van der Waals surface area contributed by atoms with Gasteiger partial charge in [-0.2, -0.15) is 0 Å². The van der Waals surface area contributed by atoms with Crippen LogP contribution in [0.4, 0.5) is 0 Å². The summed E-state index contributed by atoms with van der Waals surface area (Å²) in [6.45, 7) is 8.64. The standard InChI is InChI=1S/C22H25O/c1-14(2)17-10-18(15(3)4)12-19(11-17)22(23)21-13-20(21)16-8-6-5-7-9-16/h5-9,11-12,14-15,20-21H,13H2,1-4H3. The molecule has 1 fully saturated rings. The molecule has 0 aromatic heterocycles. The van der Waals surface area contributed by atoms with Crippen LogP contribution in [0.15, 0.2) is 42.5 Å². The van der Waals surface area contributed by atoms with E-state index in [1.165, 1.54) is 5.56 Å². The van der Waals surface area contributed by atoms with E-state index in [1.807, 2.05) is 6.07 Å². The minimum absolute atomic E-state index is 0.153. The first kappa shape index (κ1) is 16.0. The first-order valence-electron chi connectivity index (χ1n) is 8.63. The molecule has 3 rings (SSSR count). The monoisotopic (exact) mass is 305 g/mol. The van der Waals surface area contributed by atoms with Gasteiger partial charge in [0.15, 0.2) is 5.78 Å². The average molecular weight is 305 g/mol. The molecule has 0 spiro atoms. The summed E-state index contributed by atoms with van der Waals surface area (Å²) in [7, 11) is 0. The summed E-state index contributed by atoms with van der Waals surface area (Å²) < 4.78 is 0. The molecular weight excluding hydrogens is 280 g/mol. The molecule has 2 aromatic rings. The van der Waals surface area contributed by atoms with Crippen molar-refractivity contribution in [3.8, 4) is 0 Å². The molecule has 2 aromatic carbocycles. The third kappa shape index (κ3) is 3.39. The van der Waals surface area contributed by atoms with E-state index in [4.69, 9.17) is 0 Å². The SMILES string of the molecule is CC(C)c1[c]c(C(C)C)cc(C(=O)C2CC2c2ccccc2)c1. The zero-order chi connectivity index (χ0) is 16.6. The number of Topliss-reactive ketones (excluding diaryl/α,β-unsaturated/α-hetero) is 1. The fraction of sp³-hybridized carbons (Fsp3) is 0.409. The summed E-state index contributed by atoms with van der Waals surface area (Å²) >= 11 is 0. The van der Waals surface area contributed by atoms with Crippen molar-refractivity contribution in [3.63, 3.8) is 0 Å². The van der Waals surface area contributed by atoms with E-state index in [0.29, 0.717) is 23.5 Å². The van der Waals surface area contributed by atoms with Crippen molar-refractivity contribution < 1.29 is 4.79 Å². The fourth-order valence-corrected chi connectivity index (χ4v) is 3.15. The Morgan fingerprint density at radius 1 is 1.00 bits per heavy atom. The lowest BCUT2D eigenvalue weighted by molar-refractivity contribution is 0.0965.